The first-order chi connectivity index (χ1) is 10.3. The minimum Gasteiger partial charge on any atom is -0.478 e. The third-order valence-corrected chi connectivity index (χ3v) is 4.50. The van der Waals surface area contributed by atoms with Gasteiger partial charge >= 0.3 is 5.97 Å². The van der Waals surface area contributed by atoms with Gasteiger partial charge in [0.25, 0.3) is 0 Å². The molecule has 2 rings (SSSR count). The largest absolute Gasteiger partial charge is 0.478 e. The normalized spacial score (nSPS) is 12.6. The van der Waals surface area contributed by atoms with Crippen molar-refractivity contribution in [2.45, 2.75) is 11.8 Å². The Kier molecular flexibility index (Phi) is 4.47. The zero-order valence-corrected chi connectivity index (χ0v) is 13.1. The van der Waals surface area contributed by atoms with Gasteiger partial charge in [0.1, 0.15) is 0 Å². The van der Waals surface area contributed by atoms with Crippen molar-refractivity contribution in [2.24, 2.45) is 0 Å². The highest BCUT2D eigenvalue weighted by Crippen LogP contribution is 2.30. The molecule has 0 bridgehead atoms. The molecule has 0 fully saturated rings. The van der Waals surface area contributed by atoms with Crippen molar-refractivity contribution >= 4 is 27.0 Å². The number of hydrogen-bond acceptors (Lipinski definition) is 3. The van der Waals surface area contributed by atoms with Crippen LogP contribution in [0.5, 0.6) is 0 Å². The van der Waals surface area contributed by atoms with Gasteiger partial charge in [0.15, 0.2) is 9.84 Å². The zero-order valence-electron chi connectivity index (χ0n) is 12.3. The fourth-order valence-corrected chi connectivity index (χ4v) is 3.29. The van der Waals surface area contributed by atoms with E-state index in [9.17, 15) is 18.3 Å². The molecule has 0 spiro atoms. The summed E-state index contributed by atoms with van der Waals surface area (Å²) in [5, 5.41) is 9.54. The maximum Gasteiger partial charge on any atom is 0.336 e. The maximum atomic E-state index is 11.9. The summed E-state index contributed by atoms with van der Waals surface area (Å²) < 4.78 is 23.8. The molecule has 0 atom stereocenters. The summed E-state index contributed by atoms with van der Waals surface area (Å²) in [5.74, 6) is -1.09. The molecule has 0 aliphatic rings. The average Bonchev–Trinajstić information content (AvgIpc) is 2.47. The molecule has 4 nitrogen and oxygen atoms in total. The summed E-state index contributed by atoms with van der Waals surface area (Å²) in [7, 11) is -3.45. The van der Waals surface area contributed by atoms with E-state index in [1.807, 2.05) is 0 Å². The van der Waals surface area contributed by atoms with Gasteiger partial charge in [-0.3, -0.25) is 0 Å². The van der Waals surface area contributed by atoms with E-state index in [0.29, 0.717) is 16.7 Å². The van der Waals surface area contributed by atoms with Crippen LogP contribution in [0, 0.1) is 0 Å². The predicted molar refractivity (Wildman–Crippen MR) is 86.1 cm³/mol. The fourth-order valence-electron chi connectivity index (χ4n) is 2.34. The Hall–Kier alpha value is -2.40. The smallest absolute Gasteiger partial charge is 0.336 e. The summed E-state index contributed by atoms with van der Waals surface area (Å²) in [4.78, 5) is 11.8. The third-order valence-electron chi connectivity index (χ3n) is 3.34. The van der Waals surface area contributed by atoms with Gasteiger partial charge in [0.05, 0.1) is 10.5 Å². The summed E-state index contributed by atoms with van der Waals surface area (Å²) in [6, 6.07) is 15.1. The predicted octanol–water partition coefficient (Wildman–Crippen LogP) is 3.11. The minimum atomic E-state index is -3.45. The lowest BCUT2D eigenvalue weighted by Gasteiger charge is -2.12. The Morgan fingerprint density at radius 2 is 1.50 bits per heavy atom. The summed E-state index contributed by atoms with van der Waals surface area (Å²) in [6.07, 6.45) is 1.11. The molecule has 2 aromatic carbocycles. The number of carboxylic acid groups (broad SMARTS) is 1. The number of allylic oxidation sites excluding steroid dienone is 1. The molecule has 0 saturated heterocycles. The molecule has 0 heterocycles. The van der Waals surface area contributed by atoms with Crippen molar-refractivity contribution in [1.82, 2.24) is 0 Å². The average molecular weight is 316 g/mol. The van der Waals surface area contributed by atoms with E-state index in [0.717, 1.165) is 6.26 Å². The molecule has 0 saturated carbocycles. The van der Waals surface area contributed by atoms with Crippen molar-refractivity contribution in [3.8, 4) is 0 Å². The minimum absolute atomic E-state index is 0.0942. The second kappa shape index (κ2) is 6.15. The molecule has 0 amide bonds. The van der Waals surface area contributed by atoms with Gasteiger partial charge in [0.2, 0.25) is 0 Å². The Balaban J connectivity index is 2.77. The number of benzene rings is 2. The molecule has 114 valence electrons. The van der Waals surface area contributed by atoms with Crippen molar-refractivity contribution in [1.29, 1.82) is 0 Å². The lowest BCUT2D eigenvalue weighted by molar-refractivity contribution is -0.130. The number of rotatable bonds is 4. The fraction of sp³-hybridized carbons (Fsp3) is 0.118. The SMILES string of the molecule is CC(=C(C(=O)O)c1ccccc1)c1ccccc1S(C)(=O)=O. The second-order valence-corrected chi connectivity index (χ2v) is 6.92. The molecule has 0 aliphatic heterocycles. The van der Waals surface area contributed by atoms with Crippen LogP contribution in [0.2, 0.25) is 0 Å². The topological polar surface area (TPSA) is 71.4 Å². The van der Waals surface area contributed by atoms with Gasteiger partial charge in [0, 0.05) is 6.26 Å². The van der Waals surface area contributed by atoms with Crippen LogP contribution in [0.1, 0.15) is 18.1 Å². The quantitative estimate of drug-likeness (QED) is 0.695. The van der Waals surface area contributed by atoms with Crippen LogP contribution >= 0.6 is 0 Å². The lowest BCUT2D eigenvalue weighted by atomic mass is 9.96. The lowest BCUT2D eigenvalue weighted by Crippen LogP contribution is -2.06. The Bertz CT molecular complexity index is 834. The molecule has 5 heteroatoms. The number of carboxylic acids is 1. The van der Waals surface area contributed by atoms with Crippen LogP contribution in [0.3, 0.4) is 0 Å². The first kappa shape index (κ1) is 16.0. The third kappa shape index (κ3) is 3.26. The van der Waals surface area contributed by atoms with E-state index < -0.39 is 15.8 Å². The van der Waals surface area contributed by atoms with Crippen LogP contribution in [0.4, 0.5) is 0 Å². The first-order valence-electron chi connectivity index (χ1n) is 6.61. The molecule has 0 aliphatic carbocycles. The van der Waals surface area contributed by atoms with Crippen LogP contribution in [-0.4, -0.2) is 25.7 Å². The van der Waals surface area contributed by atoms with E-state index in [2.05, 4.69) is 0 Å². The van der Waals surface area contributed by atoms with Crippen LogP contribution in [0.15, 0.2) is 59.5 Å². The highest BCUT2D eigenvalue weighted by molar-refractivity contribution is 7.90. The van der Waals surface area contributed by atoms with Crippen LogP contribution in [-0.2, 0) is 14.6 Å². The maximum absolute atomic E-state index is 11.9. The van der Waals surface area contributed by atoms with Crippen molar-refractivity contribution in [3.63, 3.8) is 0 Å². The highest BCUT2D eigenvalue weighted by atomic mass is 32.2. The van der Waals surface area contributed by atoms with Crippen molar-refractivity contribution in [3.05, 3.63) is 65.7 Å². The summed E-state index contributed by atoms with van der Waals surface area (Å²) in [6.45, 7) is 1.63. The molecule has 0 radical (unpaired) electrons. The van der Waals surface area contributed by atoms with E-state index in [-0.39, 0.29) is 10.5 Å². The van der Waals surface area contributed by atoms with Crippen molar-refractivity contribution < 1.29 is 18.3 Å². The van der Waals surface area contributed by atoms with Crippen LogP contribution < -0.4 is 0 Å². The summed E-state index contributed by atoms with van der Waals surface area (Å²) >= 11 is 0. The van der Waals surface area contributed by atoms with Gasteiger partial charge in [-0.15, -0.1) is 0 Å². The molecular formula is C17H16O4S. The Morgan fingerprint density at radius 3 is 2.05 bits per heavy atom. The summed E-state index contributed by atoms with van der Waals surface area (Å²) in [5.41, 5.74) is 1.46. The molecule has 0 unspecified atom stereocenters. The molecular weight excluding hydrogens is 300 g/mol. The van der Waals surface area contributed by atoms with Gasteiger partial charge in [-0.05, 0) is 29.7 Å². The molecule has 0 aromatic heterocycles. The first-order valence-corrected chi connectivity index (χ1v) is 8.50. The van der Waals surface area contributed by atoms with Gasteiger partial charge in [-0.2, -0.15) is 0 Å². The highest BCUT2D eigenvalue weighted by Gasteiger charge is 2.20. The molecule has 2 aromatic rings. The van der Waals surface area contributed by atoms with E-state index in [1.165, 1.54) is 6.07 Å². The Morgan fingerprint density at radius 1 is 0.955 bits per heavy atom. The van der Waals surface area contributed by atoms with E-state index in [4.69, 9.17) is 0 Å². The standard InChI is InChI=1S/C17H16O4S/c1-12(14-10-6-7-11-15(14)22(2,20)21)16(17(18)19)13-8-4-3-5-9-13/h3-11H,1-2H3,(H,18,19). The van der Waals surface area contributed by atoms with E-state index in [1.54, 1.807) is 55.5 Å². The molecule has 22 heavy (non-hydrogen) atoms. The van der Waals surface area contributed by atoms with Crippen LogP contribution in [0.25, 0.3) is 11.1 Å². The number of aliphatic carboxylic acids is 1. The molecule has 1 N–H and O–H groups in total. The zero-order chi connectivity index (χ0) is 16.3. The van der Waals surface area contributed by atoms with Crippen molar-refractivity contribution in [2.75, 3.05) is 6.26 Å². The second-order valence-electron chi connectivity index (χ2n) is 4.94. The van der Waals surface area contributed by atoms with Gasteiger partial charge in [-0.1, -0.05) is 48.5 Å². The number of carbonyl (C=O) groups is 1. The number of hydrogen-bond donors (Lipinski definition) is 1. The number of sulfone groups is 1. The van der Waals surface area contributed by atoms with E-state index >= 15 is 0 Å². The van der Waals surface area contributed by atoms with Gasteiger partial charge < -0.3 is 5.11 Å². The Labute approximate surface area is 129 Å². The van der Waals surface area contributed by atoms with Gasteiger partial charge in [-0.25, -0.2) is 13.2 Å². The monoisotopic (exact) mass is 316 g/mol.